The van der Waals surface area contributed by atoms with Gasteiger partial charge in [-0.05, 0) is 25.0 Å². The van der Waals surface area contributed by atoms with Crippen LogP contribution in [0.3, 0.4) is 0 Å². The number of ether oxygens (including phenoxy) is 1. The van der Waals surface area contributed by atoms with Crippen LogP contribution in [-0.4, -0.2) is 12.8 Å². The second-order valence-corrected chi connectivity index (χ2v) is 3.06. The molecule has 0 N–H and O–H groups in total. The zero-order valence-corrected chi connectivity index (χ0v) is 7.90. The molecule has 1 nitrogen and oxygen atoms in total. The van der Waals surface area contributed by atoms with E-state index in [0.717, 1.165) is 5.56 Å². The summed E-state index contributed by atoms with van der Waals surface area (Å²) in [6.07, 6.45) is -4.30. The molecule has 0 fully saturated rings. The quantitative estimate of drug-likeness (QED) is 0.717. The summed E-state index contributed by atoms with van der Waals surface area (Å²) in [6, 6.07) is 6.21. The molecule has 1 radical (unpaired) electrons. The number of halogens is 3. The van der Waals surface area contributed by atoms with Gasteiger partial charge in [0.05, 0.1) is 0 Å². The fourth-order valence-corrected chi connectivity index (χ4v) is 0.949. The molecule has 0 heterocycles. The maximum Gasteiger partial charge on any atom is 0.422 e. The molecular formula is C10H10F3O. The maximum atomic E-state index is 11.8. The molecule has 1 aromatic carbocycles. The Morgan fingerprint density at radius 2 is 1.93 bits per heavy atom. The summed E-state index contributed by atoms with van der Waals surface area (Å²) in [5.41, 5.74) is 1.41. The van der Waals surface area contributed by atoms with Gasteiger partial charge in [-0.2, -0.15) is 13.2 Å². The van der Waals surface area contributed by atoms with Crippen molar-refractivity contribution in [3.63, 3.8) is 0 Å². The van der Waals surface area contributed by atoms with Gasteiger partial charge in [-0.3, -0.25) is 0 Å². The van der Waals surface area contributed by atoms with Crippen molar-refractivity contribution in [3.8, 4) is 5.75 Å². The first kappa shape index (κ1) is 10.9. The first-order chi connectivity index (χ1) is 6.38. The third kappa shape index (κ3) is 3.28. The minimum Gasteiger partial charge on any atom is -0.483 e. The van der Waals surface area contributed by atoms with Crippen LogP contribution >= 0.6 is 0 Å². The molecule has 0 aliphatic rings. The van der Waals surface area contributed by atoms with Crippen molar-refractivity contribution in [3.05, 3.63) is 29.3 Å². The number of aryl methyl sites for hydroxylation is 2. The molecule has 0 saturated carbocycles. The largest absolute Gasteiger partial charge is 0.483 e. The minimum absolute atomic E-state index is 0.169. The Bertz CT molecular complexity index is 318. The summed E-state index contributed by atoms with van der Waals surface area (Å²) in [6.45, 7) is 2.16. The SMILES string of the molecule is Cc1[c]c(OCC(F)(F)F)c(C)cc1. The fourth-order valence-electron chi connectivity index (χ4n) is 0.949. The monoisotopic (exact) mass is 203 g/mol. The summed E-state index contributed by atoms with van der Waals surface area (Å²) in [7, 11) is 0. The van der Waals surface area contributed by atoms with E-state index in [4.69, 9.17) is 0 Å². The first-order valence-electron chi connectivity index (χ1n) is 4.07. The van der Waals surface area contributed by atoms with Gasteiger partial charge in [-0.1, -0.05) is 12.1 Å². The standard InChI is InChI=1S/C10H10F3O/c1-7-3-4-8(2)9(5-7)14-6-10(11,12)13/h3-4H,6H2,1-2H3. The smallest absolute Gasteiger partial charge is 0.422 e. The van der Waals surface area contributed by atoms with E-state index in [0.29, 0.717) is 5.56 Å². The second kappa shape index (κ2) is 3.90. The summed E-state index contributed by atoms with van der Waals surface area (Å²) in [4.78, 5) is 0. The Hall–Kier alpha value is -1.19. The fraction of sp³-hybridized carbons (Fsp3) is 0.400. The van der Waals surface area contributed by atoms with Crippen molar-refractivity contribution < 1.29 is 17.9 Å². The number of benzene rings is 1. The molecule has 0 atom stereocenters. The van der Waals surface area contributed by atoms with Crippen molar-refractivity contribution >= 4 is 0 Å². The molecule has 4 heteroatoms. The molecule has 0 aromatic heterocycles. The van der Waals surface area contributed by atoms with E-state index >= 15 is 0 Å². The lowest BCUT2D eigenvalue weighted by Crippen LogP contribution is -2.19. The van der Waals surface area contributed by atoms with Gasteiger partial charge < -0.3 is 4.74 Å². The summed E-state index contributed by atoms with van der Waals surface area (Å²) in [5, 5.41) is 0. The van der Waals surface area contributed by atoms with Gasteiger partial charge in [0.15, 0.2) is 6.61 Å². The highest BCUT2D eigenvalue weighted by molar-refractivity contribution is 5.34. The van der Waals surface area contributed by atoms with Crippen LogP contribution in [-0.2, 0) is 0 Å². The summed E-state index contributed by atoms with van der Waals surface area (Å²) >= 11 is 0. The van der Waals surface area contributed by atoms with Crippen molar-refractivity contribution in [1.29, 1.82) is 0 Å². The molecular weight excluding hydrogens is 193 g/mol. The average Bonchev–Trinajstić information content (AvgIpc) is 2.05. The molecule has 0 aliphatic carbocycles. The summed E-state index contributed by atoms with van der Waals surface area (Å²) < 4.78 is 40.1. The van der Waals surface area contributed by atoms with Gasteiger partial charge in [0.25, 0.3) is 0 Å². The van der Waals surface area contributed by atoms with E-state index in [9.17, 15) is 13.2 Å². The van der Waals surface area contributed by atoms with Gasteiger partial charge in [-0.15, -0.1) is 0 Å². The lowest BCUT2D eigenvalue weighted by molar-refractivity contribution is -0.153. The van der Waals surface area contributed by atoms with Crippen LogP contribution in [0.1, 0.15) is 11.1 Å². The molecule has 0 amide bonds. The zero-order chi connectivity index (χ0) is 10.8. The van der Waals surface area contributed by atoms with Gasteiger partial charge in [0.1, 0.15) is 5.75 Å². The molecule has 0 saturated heterocycles. The second-order valence-electron chi connectivity index (χ2n) is 3.06. The van der Waals surface area contributed by atoms with Crippen LogP contribution in [0.2, 0.25) is 0 Å². The molecule has 1 rings (SSSR count). The molecule has 77 valence electrons. The molecule has 0 bridgehead atoms. The number of rotatable bonds is 2. The molecule has 0 unspecified atom stereocenters. The van der Waals surface area contributed by atoms with Crippen LogP contribution in [0.5, 0.6) is 5.75 Å². The van der Waals surface area contributed by atoms with Crippen LogP contribution in [0.15, 0.2) is 12.1 Å². The van der Waals surface area contributed by atoms with Crippen molar-refractivity contribution in [2.24, 2.45) is 0 Å². The van der Waals surface area contributed by atoms with E-state index in [2.05, 4.69) is 10.8 Å². The lowest BCUT2D eigenvalue weighted by atomic mass is 10.1. The molecule has 0 aliphatic heterocycles. The van der Waals surface area contributed by atoms with Gasteiger partial charge in [-0.25, -0.2) is 0 Å². The van der Waals surface area contributed by atoms with Crippen LogP contribution in [0.25, 0.3) is 0 Å². The van der Waals surface area contributed by atoms with Gasteiger partial charge in [0.2, 0.25) is 0 Å². The van der Waals surface area contributed by atoms with E-state index < -0.39 is 12.8 Å². The zero-order valence-electron chi connectivity index (χ0n) is 7.90. The van der Waals surface area contributed by atoms with E-state index in [-0.39, 0.29) is 5.75 Å². The van der Waals surface area contributed by atoms with Gasteiger partial charge in [0, 0.05) is 6.07 Å². The number of alkyl halides is 3. The van der Waals surface area contributed by atoms with Crippen LogP contribution < -0.4 is 4.74 Å². The normalized spacial score (nSPS) is 11.5. The number of hydrogen-bond acceptors (Lipinski definition) is 1. The molecule has 0 spiro atoms. The van der Waals surface area contributed by atoms with Crippen molar-refractivity contribution in [2.45, 2.75) is 20.0 Å². The highest BCUT2D eigenvalue weighted by Crippen LogP contribution is 2.22. The van der Waals surface area contributed by atoms with Crippen molar-refractivity contribution in [2.75, 3.05) is 6.61 Å². The molecule has 1 aromatic rings. The molecule has 14 heavy (non-hydrogen) atoms. The van der Waals surface area contributed by atoms with Crippen LogP contribution in [0.4, 0.5) is 13.2 Å². The minimum atomic E-state index is -4.30. The Kier molecular flexibility index (Phi) is 3.03. The Labute approximate surface area is 80.5 Å². The predicted molar refractivity (Wildman–Crippen MR) is 46.3 cm³/mol. The van der Waals surface area contributed by atoms with Crippen molar-refractivity contribution in [1.82, 2.24) is 0 Å². The van der Waals surface area contributed by atoms with E-state index in [1.807, 2.05) is 0 Å². The van der Waals surface area contributed by atoms with E-state index in [1.165, 1.54) is 0 Å². The average molecular weight is 203 g/mol. The van der Waals surface area contributed by atoms with Crippen LogP contribution in [0, 0.1) is 19.9 Å². The summed E-state index contributed by atoms with van der Waals surface area (Å²) in [5.74, 6) is 0.169. The topological polar surface area (TPSA) is 9.23 Å². The number of hydrogen-bond donors (Lipinski definition) is 0. The maximum absolute atomic E-state index is 11.8. The third-order valence-corrected chi connectivity index (χ3v) is 1.63. The third-order valence-electron chi connectivity index (χ3n) is 1.63. The van der Waals surface area contributed by atoms with E-state index in [1.54, 1.807) is 26.0 Å². The lowest BCUT2D eigenvalue weighted by Gasteiger charge is -2.11. The predicted octanol–water partition coefficient (Wildman–Crippen LogP) is 3.04. The first-order valence-corrected chi connectivity index (χ1v) is 4.07. The Morgan fingerprint density at radius 3 is 2.50 bits per heavy atom. The highest BCUT2D eigenvalue weighted by atomic mass is 19.4. The Balaban J connectivity index is 2.72. The van der Waals surface area contributed by atoms with Gasteiger partial charge >= 0.3 is 6.18 Å². The highest BCUT2D eigenvalue weighted by Gasteiger charge is 2.28. The Morgan fingerprint density at radius 1 is 1.29 bits per heavy atom.